The van der Waals surface area contributed by atoms with Gasteiger partial charge in [0.2, 0.25) is 5.91 Å². The van der Waals surface area contributed by atoms with Crippen LogP contribution in [0.2, 0.25) is 0 Å². The van der Waals surface area contributed by atoms with E-state index in [2.05, 4.69) is 16.0 Å². The number of carbonyl (C=O) groups excluding carboxylic acids is 5. The van der Waals surface area contributed by atoms with E-state index in [4.69, 9.17) is 14.2 Å². The minimum Gasteiger partial charge on any atom is -0.444 e. The molecule has 1 aromatic carbocycles. The van der Waals surface area contributed by atoms with Crippen molar-refractivity contribution in [3.05, 3.63) is 35.4 Å². The molecule has 1 aliphatic rings. The molecule has 240 valence electrons. The molecular formula is C29H42F2N4O8. The summed E-state index contributed by atoms with van der Waals surface area (Å²) in [6, 6.07) is 2.01. The van der Waals surface area contributed by atoms with E-state index in [9.17, 15) is 32.8 Å². The highest BCUT2D eigenvalue weighted by Gasteiger charge is 2.42. The van der Waals surface area contributed by atoms with E-state index < -0.39 is 70.5 Å². The fourth-order valence-electron chi connectivity index (χ4n) is 3.82. The van der Waals surface area contributed by atoms with E-state index in [0.29, 0.717) is 4.90 Å². The Balaban J connectivity index is 1.93. The van der Waals surface area contributed by atoms with Crippen molar-refractivity contribution in [2.45, 2.75) is 91.6 Å². The van der Waals surface area contributed by atoms with Gasteiger partial charge in [-0.2, -0.15) is 0 Å². The number of hydrogen-bond acceptors (Lipinski definition) is 8. The minimum atomic E-state index is -1.23. The molecule has 0 unspecified atom stereocenters. The Morgan fingerprint density at radius 1 is 0.977 bits per heavy atom. The summed E-state index contributed by atoms with van der Waals surface area (Å²) in [4.78, 5) is 62.8. The zero-order valence-electron chi connectivity index (χ0n) is 25.9. The summed E-state index contributed by atoms with van der Waals surface area (Å²) < 4.78 is 43.4. The molecule has 1 aromatic rings. The topological polar surface area (TPSA) is 152 Å². The van der Waals surface area contributed by atoms with Gasteiger partial charge in [0.1, 0.15) is 22.8 Å². The molecule has 1 aliphatic heterocycles. The highest BCUT2D eigenvalue weighted by Crippen LogP contribution is 2.19. The maximum Gasteiger partial charge on any atom is 0.420 e. The van der Waals surface area contributed by atoms with Crippen LogP contribution in [0.5, 0.6) is 0 Å². The van der Waals surface area contributed by atoms with Crippen molar-refractivity contribution in [3.63, 3.8) is 0 Å². The second-order valence-corrected chi connectivity index (χ2v) is 13.1. The van der Waals surface area contributed by atoms with Crippen LogP contribution in [0.1, 0.15) is 67.4 Å². The molecule has 5 amide bonds. The number of imide groups is 1. The van der Waals surface area contributed by atoms with Crippen molar-refractivity contribution in [1.29, 1.82) is 0 Å². The van der Waals surface area contributed by atoms with Gasteiger partial charge in [-0.15, -0.1) is 0 Å². The number of nitrogens with one attached hydrogen (secondary N) is 3. The zero-order chi connectivity index (χ0) is 32.8. The van der Waals surface area contributed by atoms with E-state index in [0.717, 1.165) is 18.2 Å². The largest absolute Gasteiger partial charge is 0.444 e. The van der Waals surface area contributed by atoms with Gasteiger partial charge in [0.15, 0.2) is 6.10 Å². The van der Waals surface area contributed by atoms with Gasteiger partial charge in [-0.1, -0.05) is 13.8 Å². The first-order chi connectivity index (χ1) is 19.6. The average Bonchev–Trinajstić information content (AvgIpc) is 3.23. The lowest BCUT2D eigenvalue weighted by Gasteiger charge is -2.27. The first kappa shape index (κ1) is 35.2. The fraction of sp³-hybridized carbons (Fsp3) is 0.621. The number of halogens is 2. The summed E-state index contributed by atoms with van der Waals surface area (Å²) in [6.45, 7) is 13.3. The van der Waals surface area contributed by atoms with Crippen molar-refractivity contribution in [3.8, 4) is 0 Å². The number of ether oxygens (including phenoxy) is 3. The lowest BCUT2D eigenvalue weighted by Crippen LogP contribution is -2.47. The van der Waals surface area contributed by atoms with E-state index in [1.165, 1.54) is 0 Å². The Kier molecular flexibility index (Phi) is 11.5. The van der Waals surface area contributed by atoms with Gasteiger partial charge in [0.05, 0.1) is 6.54 Å². The molecule has 0 bridgehead atoms. The second kappa shape index (κ2) is 14.0. The van der Waals surface area contributed by atoms with Crippen molar-refractivity contribution < 1.29 is 47.0 Å². The SMILES string of the molecule is CC(C)(CNC(=O)C[C@@H](Cc1cc(F)ccc1F)NC(=O)OC(C)(C)C)CNC(=O)[C@@H]1CN(C(=O)OC(C)(C)C)C(=O)O1. The molecule has 14 heteroatoms. The molecule has 0 radical (unpaired) electrons. The van der Waals surface area contributed by atoms with Crippen molar-refractivity contribution >= 4 is 30.1 Å². The molecule has 1 heterocycles. The molecule has 0 aliphatic carbocycles. The lowest BCUT2D eigenvalue weighted by atomic mass is 9.93. The predicted molar refractivity (Wildman–Crippen MR) is 151 cm³/mol. The first-order valence-corrected chi connectivity index (χ1v) is 13.8. The van der Waals surface area contributed by atoms with E-state index in [1.807, 2.05) is 0 Å². The lowest BCUT2D eigenvalue weighted by molar-refractivity contribution is -0.128. The van der Waals surface area contributed by atoms with Gasteiger partial charge in [0.25, 0.3) is 5.91 Å². The monoisotopic (exact) mass is 612 g/mol. The molecule has 43 heavy (non-hydrogen) atoms. The van der Waals surface area contributed by atoms with Crippen LogP contribution in [-0.4, -0.2) is 78.0 Å². The number of rotatable bonds is 10. The Hall–Kier alpha value is -3.97. The number of alkyl carbamates (subject to hydrolysis) is 1. The molecule has 0 saturated carbocycles. The van der Waals surface area contributed by atoms with Crippen LogP contribution < -0.4 is 16.0 Å². The Morgan fingerprint density at radius 3 is 2.19 bits per heavy atom. The molecule has 2 atom stereocenters. The Bertz CT molecular complexity index is 1210. The van der Waals surface area contributed by atoms with Crippen molar-refractivity contribution in [1.82, 2.24) is 20.9 Å². The molecular weight excluding hydrogens is 570 g/mol. The second-order valence-electron chi connectivity index (χ2n) is 13.1. The van der Waals surface area contributed by atoms with Crippen LogP contribution in [-0.2, 0) is 30.2 Å². The average molecular weight is 613 g/mol. The maximum absolute atomic E-state index is 14.3. The Morgan fingerprint density at radius 2 is 1.58 bits per heavy atom. The molecule has 12 nitrogen and oxygen atoms in total. The van der Waals surface area contributed by atoms with Gasteiger partial charge < -0.3 is 30.2 Å². The van der Waals surface area contributed by atoms with Crippen LogP contribution in [0, 0.1) is 17.0 Å². The highest BCUT2D eigenvalue weighted by molar-refractivity contribution is 5.94. The van der Waals surface area contributed by atoms with Gasteiger partial charge in [-0.25, -0.2) is 28.1 Å². The summed E-state index contributed by atoms with van der Waals surface area (Å²) in [5.74, 6) is -2.46. The summed E-state index contributed by atoms with van der Waals surface area (Å²) in [7, 11) is 0. The predicted octanol–water partition coefficient (Wildman–Crippen LogP) is 3.81. The van der Waals surface area contributed by atoms with Crippen LogP contribution in [0.15, 0.2) is 18.2 Å². The Labute approximate surface area is 250 Å². The molecule has 0 aromatic heterocycles. The van der Waals surface area contributed by atoms with Gasteiger partial charge in [-0.05, 0) is 77.1 Å². The molecule has 3 N–H and O–H groups in total. The third-order valence-electron chi connectivity index (χ3n) is 5.85. The van der Waals surface area contributed by atoms with Crippen LogP contribution >= 0.6 is 0 Å². The van der Waals surface area contributed by atoms with Crippen LogP contribution in [0.3, 0.4) is 0 Å². The maximum atomic E-state index is 14.3. The van der Waals surface area contributed by atoms with E-state index in [1.54, 1.807) is 55.4 Å². The number of hydrogen-bond donors (Lipinski definition) is 3. The molecule has 1 fully saturated rings. The number of cyclic esters (lactones) is 1. The minimum absolute atomic E-state index is 0.0188. The van der Waals surface area contributed by atoms with Gasteiger partial charge in [-0.3, -0.25) is 9.59 Å². The fourth-order valence-corrected chi connectivity index (χ4v) is 3.82. The standard InChI is InChI=1S/C29H42F2N4O8/c1-27(2,3)42-24(38)34-19(12-17-11-18(30)9-10-20(17)31)13-22(36)32-15-29(7,8)16-33-23(37)21-14-35(25(39)41-21)26(40)43-28(4,5)6/h9-11,19,21H,12-16H2,1-8H3,(H,32,36)(H,33,37)(H,34,38)/t19-,21+/m1/s1. The summed E-state index contributed by atoms with van der Waals surface area (Å²) >= 11 is 0. The summed E-state index contributed by atoms with van der Waals surface area (Å²) in [5, 5.41) is 7.93. The van der Waals surface area contributed by atoms with E-state index >= 15 is 0 Å². The molecule has 1 saturated heterocycles. The zero-order valence-corrected chi connectivity index (χ0v) is 25.9. The smallest absolute Gasteiger partial charge is 0.420 e. The number of benzene rings is 1. The van der Waals surface area contributed by atoms with Crippen LogP contribution in [0.4, 0.5) is 23.2 Å². The quantitative estimate of drug-likeness (QED) is 0.338. The van der Waals surface area contributed by atoms with E-state index in [-0.39, 0.29) is 38.0 Å². The third-order valence-corrected chi connectivity index (χ3v) is 5.85. The van der Waals surface area contributed by atoms with Gasteiger partial charge >= 0.3 is 18.3 Å². The number of carbonyl (C=O) groups is 5. The highest BCUT2D eigenvalue weighted by atomic mass is 19.1. The van der Waals surface area contributed by atoms with Crippen molar-refractivity contribution in [2.24, 2.45) is 5.41 Å². The summed E-state index contributed by atoms with van der Waals surface area (Å²) in [6.07, 6.45) is -4.40. The molecule has 0 spiro atoms. The number of nitrogens with zero attached hydrogens (tertiary/aromatic N) is 1. The first-order valence-electron chi connectivity index (χ1n) is 13.8. The van der Waals surface area contributed by atoms with Crippen molar-refractivity contribution in [2.75, 3.05) is 19.6 Å². The van der Waals surface area contributed by atoms with Crippen LogP contribution in [0.25, 0.3) is 0 Å². The number of amides is 5. The molecule has 2 rings (SSSR count). The van der Waals surface area contributed by atoms with Gasteiger partial charge in [0, 0.05) is 25.6 Å². The normalized spacial score (nSPS) is 16.2. The summed E-state index contributed by atoms with van der Waals surface area (Å²) in [5.41, 5.74) is -2.36. The third kappa shape index (κ3) is 12.4.